The molecule has 2 aromatic rings. The van der Waals surface area contributed by atoms with Gasteiger partial charge in [0.1, 0.15) is 0 Å². The molecule has 0 aliphatic heterocycles. The molecule has 2 amide bonds. The predicted molar refractivity (Wildman–Crippen MR) is 76.0 cm³/mol. The van der Waals surface area contributed by atoms with Crippen molar-refractivity contribution in [3.8, 4) is 0 Å². The minimum atomic E-state index is -1.03. The zero-order chi connectivity index (χ0) is 15.2. The molecule has 0 bridgehead atoms. The summed E-state index contributed by atoms with van der Waals surface area (Å²) in [6, 6.07) is 7.72. The van der Waals surface area contributed by atoms with Crippen LogP contribution in [0.15, 0.2) is 36.5 Å². The van der Waals surface area contributed by atoms with Gasteiger partial charge >= 0.3 is 12.0 Å². The van der Waals surface area contributed by atoms with E-state index in [4.69, 9.17) is 5.11 Å². The van der Waals surface area contributed by atoms with Gasteiger partial charge in [0, 0.05) is 11.9 Å². The maximum absolute atomic E-state index is 11.7. The Kier molecular flexibility index (Phi) is 4.45. The topological polar surface area (TPSA) is 104 Å². The lowest BCUT2D eigenvalue weighted by Crippen LogP contribution is -2.28. The molecule has 0 aliphatic rings. The molecule has 0 atom stereocenters. The molecule has 0 unspecified atom stereocenters. The Morgan fingerprint density at radius 3 is 2.76 bits per heavy atom. The summed E-state index contributed by atoms with van der Waals surface area (Å²) in [6.07, 6.45) is 1.54. The molecule has 2 rings (SSSR count). The molecule has 1 heterocycles. The molecule has 0 saturated carbocycles. The molecule has 108 valence electrons. The van der Waals surface area contributed by atoms with E-state index in [1.54, 1.807) is 37.4 Å². The first-order chi connectivity index (χ1) is 10.1. The van der Waals surface area contributed by atoms with Crippen LogP contribution in [0.5, 0.6) is 0 Å². The number of rotatable bonds is 4. The van der Waals surface area contributed by atoms with Gasteiger partial charge in [0.25, 0.3) is 0 Å². The van der Waals surface area contributed by atoms with E-state index in [0.717, 1.165) is 0 Å². The summed E-state index contributed by atoms with van der Waals surface area (Å²) >= 11 is 0. The number of anilines is 1. The number of nitrogens with one attached hydrogen (secondary N) is 2. The number of benzene rings is 1. The number of amides is 2. The van der Waals surface area contributed by atoms with Crippen LogP contribution in [0, 0.1) is 6.92 Å². The highest BCUT2D eigenvalue weighted by Crippen LogP contribution is 2.15. The largest absolute Gasteiger partial charge is 0.478 e. The van der Waals surface area contributed by atoms with Crippen LogP contribution in [-0.4, -0.2) is 27.3 Å². The van der Waals surface area contributed by atoms with Crippen molar-refractivity contribution >= 4 is 17.7 Å². The van der Waals surface area contributed by atoms with Gasteiger partial charge in [0.15, 0.2) is 0 Å². The lowest BCUT2D eigenvalue weighted by Gasteiger charge is -2.09. The molecule has 3 N–H and O–H groups in total. The summed E-state index contributed by atoms with van der Waals surface area (Å²) in [4.78, 5) is 22.8. The van der Waals surface area contributed by atoms with Crippen molar-refractivity contribution in [3.05, 3.63) is 53.3 Å². The van der Waals surface area contributed by atoms with E-state index in [1.165, 1.54) is 6.07 Å². The molecule has 0 spiro atoms. The van der Waals surface area contributed by atoms with E-state index in [-0.39, 0.29) is 12.1 Å². The number of aryl methyl sites for hydroxylation is 1. The van der Waals surface area contributed by atoms with Gasteiger partial charge < -0.3 is 15.7 Å². The average molecular weight is 286 g/mol. The summed E-state index contributed by atoms with van der Waals surface area (Å²) in [6.45, 7) is 1.93. The van der Waals surface area contributed by atoms with Gasteiger partial charge in [0.2, 0.25) is 0 Å². The molecular formula is C14H14N4O3. The van der Waals surface area contributed by atoms with Crippen LogP contribution in [0.25, 0.3) is 0 Å². The summed E-state index contributed by atoms with van der Waals surface area (Å²) in [7, 11) is 0. The molecule has 0 saturated heterocycles. The smallest absolute Gasteiger partial charge is 0.336 e. The lowest BCUT2D eigenvalue weighted by molar-refractivity contribution is 0.0696. The van der Waals surface area contributed by atoms with Crippen LogP contribution in [0.2, 0.25) is 0 Å². The quantitative estimate of drug-likeness (QED) is 0.795. The van der Waals surface area contributed by atoms with Gasteiger partial charge in [-0.3, -0.25) is 0 Å². The van der Waals surface area contributed by atoms with E-state index in [9.17, 15) is 9.59 Å². The van der Waals surface area contributed by atoms with Crippen molar-refractivity contribution in [1.29, 1.82) is 0 Å². The maximum atomic E-state index is 11.7. The van der Waals surface area contributed by atoms with Gasteiger partial charge in [0.05, 0.1) is 17.8 Å². The second-order valence-corrected chi connectivity index (χ2v) is 4.36. The van der Waals surface area contributed by atoms with Crippen molar-refractivity contribution in [2.75, 3.05) is 5.32 Å². The Balaban J connectivity index is 1.97. The van der Waals surface area contributed by atoms with E-state index in [2.05, 4.69) is 20.8 Å². The number of carbonyl (C=O) groups is 2. The second-order valence-electron chi connectivity index (χ2n) is 4.36. The fraction of sp³-hybridized carbons (Fsp3) is 0.143. The molecule has 21 heavy (non-hydrogen) atoms. The summed E-state index contributed by atoms with van der Waals surface area (Å²) in [5.41, 5.74) is 1.83. The first-order valence-corrected chi connectivity index (χ1v) is 6.21. The normalized spacial score (nSPS) is 9.95. The maximum Gasteiger partial charge on any atom is 0.336 e. The monoisotopic (exact) mass is 286 g/mol. The lowest BCUT2D eigenvalue weighted by atomic mass is 10.1. The van der Waals surface area contributed by atoms with E-state index in [1.807, 2.05) is 0 Å². The minimum Gasteiger partial charge on any atom is -0.478 e. The molecule has 1 aromatic heterocycles. The van der Waals surface area contributed by atoms with Crippen LogP contribution in [0.4, 0.5) is 10.5 Å². The Labute approximate surface area is 121 Å². The fourth-order valence-electron chi connectivity index (χ4n) is 1.70. The van der Waals surface area contributed by atoms with Crippen LogP contribution < -0.4 is 10.6 Å². The number of aromatic nitrogens is 2. The minimum absolute atomic E-state index is 0.154. The molecular weight excluding hydrogens is 272 g/mol. The molecule has 0 aliphatic carbocycles. The molecule has 7 nitrogen and oxygen atoms in total. The summed E-state index contributed by atoms with van der Waals surface area (Å²) in [5, 5.41) is 21.8. The van der Waals surface area contributed by atoms with Crippen molar-refractivity contribution in [2.45, 2.75) is 13.5 Å². The number of nitrogens with zero attached hydrogens (tertiary/aromatic N) is 2. The number of carboxylic acid groups (broad SMARTS) is 1. The van der Waals surface area contributed by atoms with Crippen molar-refractivity contribution in [1.82, 2.24) is 15.5 Å². The third kappa shape index (κ3) is 4.00. The zero-order valence-electron chi connectivity index (χ0n) is 11.3. The van der Waals surface area contributed by atoms with Gasteiger partial charge in [-0.2, -0.15) is 10.2 Å². The number of carboxylic acids is 1. The van der Waals surface area contributed by atoms with Crippen LogP contribution >= 0.6 is 0 Å². The number of hydrogen-bond donors (Lipinski definition) is 3. The zero-order valence-corrected chi connectivity index (χ0v) is 11.3. The predicted octanol–water partition coefficient (Wildman–Crippen LogP) is 1.80. The second kappa shape index (κ2) is 6.47. The van der Waals surface area contributed by atoms with E-state index >= 15 is 0 Å². The Morgan fingerprint density at radius 2 is 2.10 bits per heavy atom. The number of urea groups is 1. The average Bonchev–Trinajstić information content (AvgIpc) is 2.48. The Hall–Kier alpha value is -2.96. The third-order valence-electron chi connectivity index (χ3n) is 2.78. The summed E-state index contributed by atoms with van der Waals surface area (Å²) < 4.78 is 0. The van der Waals surface area contributed by atoms with Crippen LogP contribution in [-0.2, 0) is 6.54 Å². The van der Waals surface area contributed by atoms with Crippen molar-refractivity contribution in [3.63, 3.8) is 0 Å². The van der Waals surface area contributed by atoms with Crippen molar-refractivity contribution in [2.24, 2.45) is 0 Å². The Morgan fingerprint density at radius 1 is 1.29 bits per heavy atom. The fourth-order valence-corrected chi connectivity index (χ4v) is 1.70. The molecule has 1 aromatic carbocycles. The molecule has 0 fully saturated rings. The van der Waals surface area contributed by atoms with E-state index < -0.39 is 12.0 Å². The first kappa shape index (κ1) is 14.4. The molecule has 7 heteroatoms. The highest BCUT2D eigenvalue weighted by molar-refractivity contribution is 5.94. The Bertz CT molecular complexity index is 659. The van der Waals surface area contributed by atoms with Gasteiger partial charge in [-0.15, -0.1) is 0 Å². The van der Waals surface area contributed by atoms with Crippen LogP contribution in [0.1, 0.15) is 21.6 Å². The standard InChI is InChI=1S/C14H14N4O3/c1-9-4-5-10(7-12(9)13(19)20)17-14(21)15-8-11-3-2-6-16-18-11/h2-7H,8H2,1H3,(H,19,20)(H2,15,17,21). The highest BCUT2D eigenvalue weighted by Gasteiger charge is 2.09. The van der Waals surface area contributed by atoms with Gasteiger partial charge in [-0.05, 0) is 36.8 Å². The molecule has 0 radical (unpaired) electrons. The van der Waals surface area contributed by atoms with Crippen LogP contribution in [0.3, 0.4) is 0 Å². The van der Waals surface area contributed by atoms with Gasteiger partial charge in [-0.1, -0.05) is 6.07 Å². The number of carbonyl (C=O) groups excluding carboxylic acids is 1. The third-order valence-corrected chi connectivity index (χ3v) is 2.78. The van der Waals surface area contributed by atoms with Crippen molar-refractivity contribution < 1.29 is 14.7 Å². The first-order valence-electron chi connectivity index (χ1n) is 6.21. The highest BCUT2D eigenvalue weighted by atomic mass is 16.4. The van der Waals surface area contributed by atoms with Gasteiger partial charge in [-0.25, -0.2) is 9.59 Å². The SMILES string of the molecule is Cc1ccc(NC(=O)NCc2cccnn2)cc1C(=O)O. The summed E-state index contributed by atoms with van der Waals surface area (Å²) in [5.74, 6) is -1.03. The number of aromatic carboxylic acids is 1. The number of hydrogen-bond acceptors (Lipinski definition) is 4. The van der Waals surface area contributed by atoms with E-state index in [0.29, 0.717) is 16.9 Å².